The van der Waals surface area contributed by atoms with Gasteiger partial charge in [-0.1, -0.05) is 58.0 Å². The summed E-state index contributed by atoms with van der Waals surface area (Å²) in [7, 11) is 0. The normalized spacial score (nSPS) is 12.3. The van der Waals surface area contributed by atoms with Crippen molar-refractivity contribution in [2.45, 2.75) is 47.0 Å². The zero-order valence-electron chi connectivity index (χ0n) is 22.7. The Bertz CT molecular complexity index is 1390. The molecule has 3 aromatic carbocycles. The number of nitrogens with one attached hydrogen (secondary N) is 1. The first-order valence-corrected chi connectivity index (χ1v) is 13.9. The van der Waals surface area contributed by atoms with E-state index < -0.39 is 11.9 Å². The molecule has 0 aliphatic rings. The molecule has 0 bridgehead atoms. The minimum atomic E-state index is -0.926. The van der Waals surface area contributed by atoms with Crippen molar-refractivity contribution in [1.29, 1.82) is 0 Å². The van der Waals surface area contributed by atoms with Crippen LogP contribution in [0.5, 0.6) is 0 Å². The third-order valence-corrected chi connectivity index (χ3v) is 7.26. The number of thiazole rings is 1. The van der Waals surface area contributed by atoms with Gasteiger partial charge in [-0.2, -0.15) is 0 Å². The highest BCUT2D eigenvalue weighted by molar-refractivity contribution is 7.18. The van der Waals surface area contributed by atoms with Crippen LogP contribution in [0, 0.1) is 24.6 Å². The van der Waals surface area contributed by atoms with Gasteiger partial charge in [0.25, 0.3) is 0 Å². The van der Waals surface area contributed by atoms with Crippen LogP contribution in [0.15, 0.2) is 60.7 Å². The van der Waals surface area contributed by atoms with Crippen molar-refractivity contribution >= 4 is 44.6 Å². The van der Waals surface area contributed by atoms with E-state index in [0.29, 0.717) is 41.9 Å². The number of halogens is 1. The topological polar surface area (TPSA) is 65.5 Å². The fourth-order valence-electron chi connectivity index (χ4n) is 4.94. The van der Waals surface area contributed by atoms with E-state index in [1.165, 1.54) is 6.07 Å². The van der Waals surface area contributed by atoms with Crippen molar-refractivity contribution < 1.29 is 14.3 Å². The van der Waals surface area contributed by atoms with Crippen LogP contribution in [-0.4, -0.2) is 29.1 Å². The molecule has 0 fully saturated rings. The zero-order valence-corrected chi connectivity index (χ0v) is 23.5. The summed E-state index contributed by atoms with van der Waals surface area (Å²) in [6.07, 6.45) is -0.129. The van der Waals surface area contributed by atoms with Gasteiger partial charge in [0.05, 0.1) is 33.0 Å². The van der Waals surface area contributed by atoms with E-state index in [1.807, 2.05) is 61.5 Å². The number of aromatic nitrogens is 1. The number of hydrogen-bond acceptors (Lipinski definition) is 5. The molecule has 200 valence electrons. The molecule has 0 saturated heterocycles. The van der Waals surface area contributed by atoms with Gasteiger partial charge in [0.15, 0.2) is 0 Å². The lowest BCUT2D eigenvalue weighted by molar-refractivity contribution is -0.137. The molecule has 1 unspecified atom stereocenters. The number of benzene rings is 3. The number of hydrogen-bond donors (Lipinski definition) is 2. The highest BCUT2D eigenvalue weighted by atomic mass is 32.1. The van der Waals surface area contributed by atoms with Gasteiger partial charge >= 0.3 is 5.97 Å². The maximum Gasteiger partial charge on any atom is 0.304 e. The van der Waals surface area contributed by atoms with Gasteiger partial charge in [0.2, 0.25) is 0 Å². The summed E-state index contributed by atoms with van der Waals surface area (Å²) < 4.78 is 17.3. The number of fused-ring (bicyclic) bond motifs is 1. The van der Waals surface area contributed by atoms with Gasteiger partial charge in [0, 0.05) is 24.7 Å². The van der Waals surface area contributed by atoms with Crippen LogP contribution in [0.1, 0.15) is 56.2 Å². The van der Waals surface area contributed by atoms with E-state index in [1.54, 1.807) is 11.3 Å². The number of nitrogens with zero attached hydrogens (tertiary/aromatic N) is 2. The molecule has 0 amide bonds. The summed E-state index contributed by atoms with van der Waals surface area (Å²) in [5.41, 5.74) is 4.39. The van der Waals surface area contributed by atoms with Crippen LogP contribution < -0.4 is 10.2 Å². The Balaban J connectivity index is 1.86. The number of rotatable bonds is 11. The summed E-state index contributed by atoms with van der Waals surface area (Å²) >= 11 is 1.62. The Morgan fingerprint density at radius 2 is 1.68 bits per heavy atom. The first-order valence-electron chi connectivity index (χ1n) is 13.1. The highest BCUT2D eigenvalue weighted by Crippen LogP contribution is 2.39. The first kappa shape index (κ1) is 27.6. The first-order chi connectivity index (χ1) is 18.1. The van der Waals surface area contributed by atoms with E-state index in [2.05, 4.69) is 42.9 Å². The van der Waals surface area contributed by atoms with Gasteiger partial charge in [0.1, 0.15) is 5.82 Å². The second-order valence-electron chi connectivity index (χ2n) is 10.7. The Morgan fingerprint density at radius 3 is 2.32 bits per heavy atom. The lowest BCUT2D eigenvalue weighted by Gasteiger charge is -2.32. The number of anilines is 3. The van der Waals surface area contributed by atoms with Gasteiger partial charge in [-0.15, -0.1) is 11.3 Å². The fourth-order valence-corrected chi connectivity index (χ4v) is 5.80. The lowest BCUT2D eigenvalue weighted by Crippen LogP contribution is -2.32. The molecule has 0 saturated carbocycles. The molecule has 38 heavy (non-hydrogen) atoms. The lowest BCUT2D eigenvalue weighted by atomic mass is 9.87. The third-order valence-electron chi connectivity index (χ3n) is 6.33. The molecular formula is C31H36FN3O2S. The molecule has 0 spiro atoms. The average Bonchev–Trinajstić information content (AvgIpc) is 3.21. The summed E-state index contributed by atoms with van der Waals surface area (Å²) in [6, 6.07) is 18.9. The van der Waals surface area contributed by atoms with Crippen molar-refractivity contribution in [3.8, 4) is 0 Å². The standard InChI is InChI=1S/C31H36FN3O2S/c1-19(2)17-35(18-20(3)4)31-26(32)13-23(25(16-30(36)37)22-9-7-6-8-10-22)14-28(31)34-24-11-12-27-29(15-24)38-21(5)33-27/h6-15,19-20,25,34H,16-18H2,1-5H3,(H,36,37). The van der Waals surface area contributed by atoms with E-state index in [9.17, 15) is 9.90 Å². The van der Waals surface area contributed by atoms with Crippen molar-refractivity contribution in [3.63, 3.8) is 0 Å². The minimum Gasteiger partial charge on any atom is -0.481 e. The Morgan fingerprint density at radius 1 is 1.00 bits per heavy atom. The number of aryl methyl sites for hydroxylation is 1. The van der Waals surface area contributed by atoms with Gasteiger partial charge in [-0.05, 0) is 60.2 Å². The average molecular weight is 534 g/mol. The van der Waals surface area contributed by atoms with Crippen molar-refractivity contribution in [2.75, 3.05) is 23.3 Å². The molecule has 1 heterocycles. The predicted octanol–water partition coefficient (Wildman–Crippen LogP) is 8.21. The molecule has 5 nitrogen and oxygen atoms in total. The third kappa shape index (κ3) is 6.70. The summed E-state index contributed by atoms with van der Waals surface area (Å²) in [6.45, 7) is 11.9. The molecule has 1 atom stereocenters. The monoisotopic (exact) mass is 533 g/mol. The molecule has 1 aromatic heterocycles. The summed E-state index contributed by atoms with van der Waals surface area (Å²) in [5.74, 6) is -1.09. The summed E-state index contributed by atoms with van der Waals surface area (Å²) in [5, 5.41) is 14.2. The Labute approximate surface area is 228 Å². The smallest absolute Gasteiger partial charge is 0.304 e. The zero-order chi connectivity index (χ0) is 27.4. The van der Waals surface area contributed by atoms with Gasteiger partial charge in [-0.3, -0.25) is 4.79 Å². The van der Waals surface area contributed by atoms with Crippen LogP contribution in [0.2, 0.25) is 0 Å². The van der Waals surface area contributed by atoms with Crippen LogP contribution in [-0.2, 0) is 4.79 Å². The van der Waals surface area contributed by atoms with Crippen LogP contribution in [0.4, 0.5) is 21.5 Å². The maximum absolute atomic E-state index is 16.2. The predicted molar refractivity (Wildman–Crippen MR) is 156 cm³/mol. The molecule has 4 aromatic rings. The largest absolute Gasteiger partial charge is 0.481 e. The SMILES string of the molecule is Cc1nc2ccc(Nc3cc(C(CC(=O)O)c4ccccc4)cc(F)c3N(CC(C)C)CC(C)C)cc2s1. The van der Waals surface area contributed by atoms with E-state index in [4.69, 9.17) is 0 Å². The van der Waals surface area contributed by atoms with Gasteiger partial charge in [-0.25, -0.2) is 9.37 Å². The van der Waals surface area contributed by atoms with Crippen molar-refractivity contribution in [3.05, 3.63) is 82.6 Å². The fraction of sp³-hybridized carbons (Fsp3) is 0.355. The van der Waals surface area contributed by atoms with E-state index in [-0.39, 0.29) is 12.2 Å². The molecule has 0 aliphatic heterocycles. The highest BCUT2D eigenvalue weighted by Gasteiger charge is 2.25. The van der Waals surface area contributed by atoms with Crippen LogP contribution in [0.25, 0.3) is 10.2 Å². The Hall–Kier alpha value is -3.45. The minimum absolute atomic E-state index is 0.129. The number of carboxylic acids is 1. The molecule has 4 rings (SSSR count). The molecule has 7 heteroatoms. The van der Waals surface area contributed by atoms with E-state index in [0.717, 1.165) is 26.5 Å². The number of carbonyl (C=O) groups is 1. The molecule has 0 aliphatic carbocycles. The van der Waals surface area contributed by atoms with Crippen molar-refractivity contribution in [1.82, 2.24) is 4.98 Å². The number of aliphatic carboxylic acids is 1. The van der Waals surface area contributed by atoms with Crippen LogP contribution >= 0.6 is 11.3 Å². The second kappa shape index (κ2) is 11.9. The van der Waals surface area contributed by atoms with Crippen LogP contribution in [0.3, 0.4) is 0 Å². The van der Waals surface area contributed by atoms with Crippen molar-refractivity contribution in [2.24, 2.45) is 11.8 Å². The molecule has 0 radical (unpaired) electrons. The Kier molecular flexibility index (Phi) is 8.67. The molecule has 2 N–H and O–H groups in total. The maximum atomic E-state index is 16.2. The summed E-state index contributed by atoms with van der Waals surface area (Å²) in [4.78, 5) is 18.5. The number of carboxylic acid groups (broad SMARTS) is 1. The van der Waals surface area contributed by atoms with E-state index >= 15 is 4.39 Å². The second-order valence-corrected chi connectivity index (χ2v) is 11.9. The quantitative estimate of drug-likeness (QED) is 0.203. The molecular weight excluding hydrogens is 497 g/mol. The van der Waals surface area contributed by atoms with Gasteiger partial charge < -0.3 is 15.3 Å².